The molecule has 5 rings (SSSR count). The molecule has 4 heteroatoms. The quantitative estimate of drug-likeness (QED) is 0.256. The minimum absolute atomic E-state index is 0.0589. The lowest BCUT2D eigenvalue weighted by atomic mass is 9.75. The van der Waals surface area contributed by atoms with E-state index in [1.54, 1.807) is 13.0 Å². The number of hydrogen-bond acceptors (Lipinski definition) is 2. The van der Waals surface area contributed by atoms with Crippen LogP contribution in [0.2, 0.25) is 0 Å². The Morgan fingerprint density at radius 2 is 1.49 bits per heavy atom. The summed E-state index contributed by atoms with van der Waals surface area (Å²) in [5.41, 5.74) is 4.34. The van der Waals surface area contributed by atoms with Gasteiger partial charge in [-0.1, -0.05) is 67.4 Å². The number of benzene rings is 3. The van der Waals surface area contributed by atoms with E-state index in [1.165, 1.54) is 50.2 Å². The molecule has 206 valence electrons. The Morgan fingerprint density at radius 1 is 0.821 bits per heavy atom. The lowest BCUT2D eigenvalue weighted by Crippen LogP contribution is -2.33. The maximum atomic E-state index is 14.6. The zero-order valence-electron chi connectivity index (χ0n) is 23.0. The number of rotatable bonds is 9. The molecule has 0 radical (unpaired) electrons. The van der Waals surface area contributed by atoms with Crippen molar-refractivity contribution in [1.29, 1.82) is 0 Å². The summed E-state index contributed by atoms with van der Waals surface area (Å²) in [6.07, 6.45) is 12.6. The van der Waals surface area contributed by atoms with Gasteiger partial charge in [0.25, 0.3) is 0 Å². The molecule has 39 heavy (non-hydrogen) atoms. The molecule has 2 nitrogen and oxygen atoms in total. The fourth-order valence-corrected chi connectivity index (χ4v) is 6.42. The molecule has 3 aromatic rings. The highest BCUT2D eigenvalue weighted by Crippen LogP contribution is 2.39. The highest BCUT2D eigenvalue weighted by molar-refractivity contribution is 5.71. The molecule has 1 aliphatic carbocycles. The molecular weight excluding hydrogens is 490 g/mol. The van der Waals surface area contributed by atoms with Gasteiger partial charge >= 0.3 is 0 Å². The Kier molecular flexibility index (Phi) is 9.13. The molecule has 1 saturated heterocycles. The largest absolute Gasteiger partial charge is 0.491 e. The first-order chi connectivity index (χ1) is 19.1. The van der Waals surface area contributed by atoms with Crippen molar-refractivity contribution in [1.82, 2.24) is 0 Å². The van der Waals surface area contributed by atoms with Crippen molar-refractivity contribution in [3.8, 4) is 28.0 Å². The average molecular weight is 531 g/mol. The van der Waals surface area contributed by atoms with E-state index in [0.717, 1.165) is 42.4 Å². The van der Waals surface area contributed by atoms with Gasteiger partial charge in [-0.25, -0.2) is 4.39 Å². The van der Waals surface area contributed by atoms with E-state index in [4.69, 9.17) is 9.47 Å². The van der Waals surface area contributed by atoms with Crippen LogP contribution in [0.5, 0.6) is 5.75 Å². The third-order valence-electron chi connectivity index (χ3n) is 8.77. The van der Waals surface area contributed by atoms with Crippen LogP contribution < -0.4 is 4.74 Å². The summed E-state index contributed by atoms with van der Waals surface area (Å²) in [4.78, 5) is 0. The van der Waals surface area contributed by atoms with Crippen LogP contribution in [0.4, 0.5) is 8.78 Å². The predicted molar refractivity (Wildman–Crippen MR) is 155 cm³/mol. The van der Waals surface area contributed by atoms with Crippen molar-refractivity contribution in [2.24, 2.45) is 11.8 Å². The van der Waals surface area contributed by atoms with Crippen LogP contribution in [0.3, 0.4) is 0 Å². The van der Waals surface area contributed by atoms with Gasteiger partial charge in [-0.3, -0.25) is 0 Å². The van der Waals surface area contributed by atoms with Gasteiger partial charge < -0.3 is 9.47 Å². The summed E-state index contributed by atoms with van der Waals surface area (Å²) in [5, 5.41) is 0. The monoisotopic (exact) mass is 530 g/mol. The van der Waals surface area contributed by atoms with Crippen molar-refractivity contribution in [3.05, 3.63) is 90.5 Å². The van der Waals surface area contributed by atoms with Crippen LogP contribution in [0.15, 0.2) is 73.3 Å². The molecule has 2 aliphatic rings. The van der Waals surface area contributed by atoms with Gasteiger partial charge in [0.05, 0.1) is 19.3 Å². The van der Waals surface area contributed by atoms with E-state index in [-0.39, 0.29) is 17.9 Å². The number of ether oxygens (including phenoxy) is 2. The summed E-state index contributed by atoms with van der Waals surface area (Å²) in [5.74, 6) is 0.158. The second-order valence-corrected chi connectivity index (χ2v) is 11.2. The molecule has 0 N–H and O–H groups in total. The second-order valence-electron chi connectivity index (χ2n) is 11.2. The van der Waals surface area contributed by atoms with Crippen LogP contribution in [-0.4, -0.2) is 19.3 Å². The van der Waals surface area contributed by atoms with Crippen LogP contribution in [0, 0.1) is 23.5 Å². The fraction of sp³-hybridized carbons (Fsp3) is 0.429. The van der Waals surface area contributed by atoms with Crippen LogP contribution in [-0.2, 0) is 4.74 Å². The maximum absolute atomic E-state index is 14.6. The zero-order valence-corrected chi connectivity index (χ0v) is 23.0. The number of halogens is 2. The topological polar surface area (TPSA) is 18.5 Å². The van der Waals surface area contributed by atoms with E-state index in [9.17, 15) is 8.78 Å². The SMILES string of the molecule is C=CCCC1CCC(C2CCC(c3ccc(-c4ccc(-c5ccc(OCC)c(F)c5F)cc4)cc3)CO2)CC1. The number of allylic oxidation sites excluding steroid dienone is 1. The highest BCUT2D eigenvalue weighted by atomic mass is 19.2. The van der Waals surface area contributed by atoms with E-state index in [2.05, 4.69) is 36.9 Å². The summed E-state index contributed by atoms with van der Waals surface area (Å²) < 4.78 is 40.5. The molecule has 0 aromatic heterocycles. The molecule has 0 spiro atoms. The Labute approximate surface area is 232 Å². The first-order valence-electron chi connectivity index (χ1n) is 14.6. The minimum atomic E-state index is -0.946. The van der Waals surface area contributed by atoms with Crippen molar-refractivity contribution < 1.29 is 18.3 Å². The molecule has 0 bridgehead atoms. The number of hydrogen-bond donors (Lipinski definition) is 0. The van der Waals surface area contributed by atoms with E-state index in [0.29, 0.717) is 17.6 Å². The lowest BCUT2D eigenvalue weighted by Gasteiger charge is -2.38. The van der Waals surface area contributed by atoms with E-state index in [1.807, 2.05) is 24.3 Å². The van der Waals surface area contributed by atoms with Crippen LogP contribution in [0.25, 0.3) is 22.3 Å². The standard InChI is InChI=1S/C35H40F2O2/c1-3-5-6-24-7-9-29(10-8-24)32-21-19-30(23-39-32)27-13-11-25(12-14-27)26-15-17-28(18-16-26)31-20-22-33(38-4-2)35(37)34(31)36/h3,11-18,20,22,24,29-30,32H,1,4-10,19,21,23H2,2H3. The highest BCUT2D eigenvalue weighted by Gasteiger charge is 2.32. The first kappa shape index (κ1) is 27.6. The smallest absolute Gasteiger partial charge is 0.201 e. The summed E-state index contributed by atoms with van der Waals surface area (Å²) >= 11 is 0. The lowest BCUT2D eigenvalue weighted by molar-refractivity contribution is -0.0435. The molecule has 2 unspecified atom stereocenters. The van der Waals surface area contributed by atoms with Crippen molar-refractivity contribution in [2.45, 2.75) is 70.3 Å². The Morgan fingerprint density at radius 3 is 2.10 bits per heavy atom. The fourth-order valence-electron chi connectivity index (χ4n) is 6.42. The summed E-state index contributed by atoms with van der Waals surface area (Å²) in [6, 6.07) is 19.4. The molecule has 1 saturated carbocycles. The first-order valence-corrected chi connectivity index (χ1v) is 14.6. The van der Waals surface area contributed by atoms with Crippen molar-refractivity contribution in [2.75, 3.05) is 13.2 Å². The maximum Gasteiger partial charge on any atom is 0.201 e. The molecule has 1 heterocycles. The zero-order chi connectivity index (χ0) is 27.2. The second kappa shape index (κ2) is 12.9. The molecule has 1 aliphatic heterocycles. The van der Waals surface area contributed by atoms with Crippen LogP contribution in [0.1, 0.15) is 69.8 Å². The van der Waals surface area contributed by atoms with Gasteiger partial charge in [0.15, 0.2) is 11.6 Å². The molecule has 2 atom stereocenters. The van der Waals surface area contributed by atoms with E-state index >= 15 is 0 Å². The molecule has 3 aromatic carbocycles. The van der Waals surface area contributed by atoms with Crippen molar-refractivity contribution in [3.63, 3.8) is 0 Å². The summed E-state index contributed by atoms with van der Waals surface area (Å²) in [6.45, 7) is 6.70. The van der Waals surface area contributed by atoms with Gasteiger partial charge in [-0.2, -0.15) is 4.39 Å². The molecule has 0 amide bonds. The van der Waals surface area contributed by atoms with Crippen LogP contribution >= 0.6 is 0 Å². The Bertz CT molecular complexity index is 1220. The van der Waals surface area contributed by atoms with Crippen molar-refractivity contribution >= 4 is 0 Å². The Hall–Kier alpha value is -2.98. The third-order valence-corrected chi connectivity index (χ3v) is 8.77. The third kappa shape index (κ3) is 6.44. The van der Waals surface area contributed by atoms with Gasteiger partial charge in [0.1, 0.15) is 0 Å². The predicted octanol–water partition coefficient (Wildman–Crippen LogP) is 9.73. The minimum Gasteiger partial charge on any atom is -0.491 e. The normalized spacial score (nSPS) is 23.4. The molecular formula is C35H40F2O2. The van der Waals surface area contributed by atoms with Gasteiger partial charge in [-0.05, 0) is 91.7 Å². The van der Waals surface area contributed by atoms with E-state index < -0.39 is 11.6 Å². The molecule has 2 fully saturated rings. The van der Waals surface area contributed by atoms with Gasteiger partial charge in [0.2, 0.25) is 5.82 Å². The summed E-state index contributed by atoms with van der Waals surface area (Å²) in [7, 11) is 0. The van der Waals surface area contributed by atoms with Gasteiger partial charge in [-0.15, -0.1) is 6.58 Å². The van der Waals surface area contributed by atoms with Gasteiger partial charge in [0, 0.05) is 11.5 Å². The Balaban J connectivity index is 1.16. The average Bonchev–Trinajstić information content (AvgIpc) is 2.99.